The Bertz CT molecular complexity index is 462. The van der Waals surface area contributed by atoms with Crippen LogP contribution in [0.15, 0.2) is 35.4 Å². The minimum Gasteiger partial charge on any atom is -0.271 e. The second-order valence-corrected chi connectivity index (χ2v) is 6.00. The van der Waals surface area contributed by atoms with Crippen LogP contribution in [-0.4, -0.2) is 16.4 Å². The Morgan fingerprint density at radius 1 is 1.24 bits per heavy atom. The molecule has 90 valence electrons. The molecule has 0 radical (unpaired) electrons. The van der Waals surface area contributed by atoms with E-state index in [0.717, 1.165) is 11.4 Å². The third-order valence-corrected chi connectivity index (χ3v) is 3.47. The van der Waals surface area contributed by atoms with E-state index in [9.17, 15) is 4.79 Å². The van der Waals surface area contributed by atoms with E-state index in [2.05, 4.69) is 41.8 Å². The van der Waals surface area contributed by atoms with Gasteiger partial charge in [-0.2, -0.15) is 10.1 Å². The highest BCUT2D eigenvalue weighted by Gasteiger charge is 2.40. The molecule has 1 unspecified atom stereocenters. The van der Waals surface area contributed by atoms with E-state index in [4.69, 9.17) is 0 Å². The summed E-state index contributed by atoms with van der Waals surface area (Å²) in [4.78, 5) is 11.8. The number of hydrogen-bond donors (Lipinski definition) is 0. The summed E-state index contributed by atoms with van der Waals surface area (Å²) in [7, 11) is 0. The molecule has 0 aromatic heterocycles. The van der Waals surface area contributed by atoms with Gasteiger partial charge in [0.25, 0.3) is 5.91 Å². The molecule has 1 aliphatic rings. The minimum atomic E-state index is -0.317. The van der Waals surface area contributed by atoms with Gasteiger partial charge in [-0.05, 0) is 12.1 Å². The van der Waals surface area contributed by atoms with Gasteiger partial charge in [-0.25, -0.2) is 0 Å². The number of nitrogens with zero attached hydrogens (tertiary/aromatic N) is 2. The monoisotopic (exact) mass is 294 g/mol. The molecule has 1 atom stereocenters. The Kier molecular flexibility index (Phi) is 3.08. The van der Waals surface area contributed by atoms with Crippen molar-refractivity contribution in [3.63, 3.8) is 0 Å². The van der Waals surface area contributed by atoms with Crippen molar-refractivity contribution in [2.24, 2.45) is 10.5 Å². The molecule has 0 saturated heterocycles. The molecule has 1 amide bonds. The van der Waals surface area contributed by atoms with E-state index in [0.29, 0.717) is 0 Å². The van der Waals surface area contributed by atoms with Gasteiger partial charge < -0.3 is 0 Å². The zero-order chi connectivity index (χ0) is 12.6. The zero-order valence-corrected chi connectivity index (χ0v) is 11.7. The van der Waals surface area contributed by atoms with Crippen molar-refractivity contribution in [1.82, 2.24) is 0 Å². The van der Waals surface area contributed by atoms with Crippen LogP contribution in [0.3, 0.4) is 0 Å². The lowest BCUT2D eigenvalue weighted by atomic mass is 9.88. The Morgan fingerprint density at radius 2 is 1.82 bits per heavy atom. The van der Waals surface area contributed by atoms with Gasteiger partial charge in [0.2, 0.25) is 0 Å². The topological polar surface area (TPSA) is 32.7 Å². The SMILES string of the molecule is CC(C)(C)C1=NN(c2ccccc2)C(=O)C1Br. The van der Waals surface area contributed by atoms with Gasteiger partial charge in [0.15, 0.2) is 0 Å². The van der Waals surface area contributed by atoms with Gasteiger partial charge in [0.05, 0.1) is 11.4 Å². The van der Waals surface area contributed by atoms with E-state index in [1.165, 1.54) is 5.01 Å². The molecule has 0 N–H and O–H groups in total. The molecule has 0 saturated carbocycles. The van der Waals surface area contributed by atoms with Crippen LogP contribution in [0.1, 0.15) is 20.8 Å². The maximum Gasteiger partial charge on any atom is 0.267 e. The number of carbonyl (C=O) groups excluding carboxylic acids is 1. The van der Waals surface area contributed by atoms with Gasteiger partial charge in [-0.3, -0.25) is 4.79 Å². The van der Waals surface area contributed by atoms with E-state index in [1.54, 1.807) is 0 Å². The number of alkyl halides is 1. The van der Waals surface area contributed by atoms with Crippen molar-refractivity contribution < 1.29 is 4.79 Å². The van der Waals surface area contributed by atoms with E-state index < -0.39 is 0 Å². The second-order valence-electron chi connectivity index (χ2n) is 5.08. The number of hydrogen-bond acceptors (Lipinski definition) is 2. The third-order valence-electron chi connectivity index (χ3n) is 2.64. The molecule has 3 nitrogen and oxygen atoms in total. The summed E-state index contributed by atoms with van der Waals surface area (Å²) in [5.41, 5.74) is 1.56. The highest BCUT2D eigenvalue weighted by Crippen LogP contribution is 2.31. The van der Waals surface area contributed by atoms with Crippen LogP contribution in [0.5, 0.6) is 0 Å². The van der Waals surface area contributed by atoms with Gasteiger partial charge >= 0.3 is 0 Å². The van der Waals surface area contributed by atoms with Crippen LogP contribution in [0.4, 0.5) is 5.69 Å². The number of para-hydroxylation sites is 1. The Labute approximate surface area is 110 Å². The van der Waals surface area contributed by atoms with E-state index in [1.807, 2.05) is 30.3 Å². The normalized spacial score (nSPS) is 20.7. The molecule has 1 aliphatic heterocycles. The highest BCUT2D eigenvalue weighted by atomic mass is 79.9. The molecule has 1 aromatic carbocycles. The fourth-order valence-electron chi connectivity index (χ4n) is 1.72. The standard InChI is InChI=1S/C13H15BrN2O/c1-13(2,3)11-10(14)12(17)16(15-11)9-7-5-4-6-8-9/h4-8,10H,1-3H3. The van der Waals surface area contributed by atoms with Crippen molar-refractivity contribution in [2.45, 2.75) is 25.6 Å². The summed E-state index contributed by atoms with van der Waals surface area (Å²) in [5.74, 6) is -0.0267. The van der Waals surface area contributed by atoms with Gasteiger partial charge in [0.1, 0.15) is 4.83 Å². The maximum absolute atomic E-state index is 12.1. The average molecular weight is 295 g/mol. The lowest BCUT2D eigenvalue weighted by Crippen LogP contribution is -2.32. The lowest BCUT2D eigenvalue weighted by Gasteiger charge is -2.18. The number of hydrazone groups is 1. The number of anilines is 1. The Morgan fingerprint density at radius 3 is 2.29 bits per heavy atom. The highest BCUT2D eigenvalue weighted by molar-refractivity contribution is 9.10. The van der Waals surface area contributed by atoms with Crippen molar-refractivity contribution in [3.8, 4) is 0 Å². The smallest absolute Gasteiger partial charge is 0.267 e. The van der Waals surface area contributed by atoms with Crippen LogP contribution in [0.25, 0.3) is 0 Å². The Hall–Kier alpha value is -1.16. The van der Waals surface area contributed by atoms with Crippen LogP contribution < -0.4 is 5.01 Å². The van der Waals surface area contributed by atoms with Crippen molar-refractivity contribution in [3.05, 3.63) is 30.3 Å². The van der Waals surface area contributed by atoms with Gasteiger partial charge in [0, 0.05) is 5.41 Å². The van der Waals surface area contributed by atoms with Gasteiger partial charge in [-0.15, -0.1) is 0 Å². The second kappa shape index (κ2) is 4.26. The fourth-order valence-corrected chi connectivity index (χ4v) is 2.69. The zero-order valence-electron chi connectivity index (χ0n) is 10.1. The summed E-state index contributed by atoms with van der Waals surface area (Å²) >= 11 is 3.42. The number of halogens is 1. The first kappa shape index (κ1) is 12.3. The predicted molar refractivity (Wildman–Crippen MR) is 73.5 cm³/mol. The Balaban J connectivity index is 2.39. The molecular formula is C13H15BrN2O. The summed E-state index contributed by atoms with van der Waals surface area (Å²) in [6.07, 6.45) is 0. The molecule has 1 aromatic rings. The van der Waals surface area contributed by atoms with Crippen molar-refractivity contribution >= 4 is 33.2 Å². The molecule has 2 rings (SSSR count). The molecular weight excluding hydrogens is 280 g/mol. The molecule has 17 heavy (non-hydrogen) atoms. The molecule has 4 heteroatoms. The number of benzene rings is 1. The molecule has 0 fully saturated rings. The van der Waals surface area contributed by atoms with Crippen LogP contribution >= 0.6 is 15.9 Å². The first-order valence-electron chi connectivity index (χ1n) is 5.53. The first-order chi connectivity index (χ1) is 7.91. The molecule has 0 bridgehead atoms. The van der Waals surface area contributed by atoms with E-state index >= 15 is 0 Å². The van der Waals surface area contributed by atoms with Crippen LogP contribution in [-0.2, 0) is 4.79 Å². The first-order valence-corrected chi connectivity index (χ1v) is 6.45. The average Bonchev–Trinajstić information content (AvgIpc) is 2.57. The predicted octanol–water partition coefficient (Wildman–Crippen LogP) is 3.20. The maximum atomic E-state index is 12.1. The largest absolute Gasteiger partial charge is 0.271 e. The van der Waals surface area contributed by atoms with Gasteiger partial charge in [-0.1, -0.05) is 54.9 Å². The van der Waals surface area contributed by atoms with Crippen LogP contribution in [0.2, 0.25) is 0 Å². The number of rotatable bonds is 1. The lowest BCUT2D eigenvalue weighted by molar-refractivity contribution is -0.116. The summed E-state index contributed by atoms with van der Waals surface area (Å²) in [6, 6.07) is 9.48. The summed E-state index contributed by atoms with van der Waals surface area (Å²) < 4.78 is 0. The number of carbonyl (C=O) groups is 1. The van der Waals surface area contributed by atoms with Crippen molar-refractivity contribution in [2.75, 3.05) is 5.01 Å². The van der Waals surface area contributed by atoms with Crippen LogP contribution in [0, 0.1) is 5.41 Å². The molecule has 0 spiro atoms. The number of amides is 1. The van der Waals surface area contributed by atoms with E-state index in [-0.39, 0.29) is 16.1 Å². The third kappa shape index (κ3) is 2.27. The summed E-state index contributed by atoms with van der Waals surface area (Å²) in [6.45, 7) is 6.17. The molecule has 0 aliphatic carbocycles. The molecule has 1 heterocycles. The minimum absolute atomic E-state index is 0.0267. The summed E-state index contributed by atoms with van der Waals surface area (Å²) in [5, 5.41) is 5.92. The fraction of sp³-hybridized carbons (Fsp3) is 0.385. The van der Waals surface area contributed by atoms with Crippen molar-refractivity contribution in [1.29, 1.82) is 0 Å². The quantitative estimate of drug-likeness (QED) is 0.732.